The summed E-state index contributed by atoms with van der Waals surface area (Å²) in [5.41, 5.74) is 7.47. The fourth-order valence-corrected chi connectivity index (χ4v) is 3.35. The molecule has 0 aliphatic heterocycles. The van der Waals surface area contributed by atoms with Crippen LogP contribution in [-0.2, 0) is 0 Å². The largest absolute Gasteiger partial charge is 0.371 e. The van der Waals surface area contributed by atoms with E-state index in [1.165, 1.54) is 38.5 Å². The SMILES string of the molecule is CCN(CC1(CN)CCCCCC1)c1ccc(F)cc1. The van der Waals surface area contributed by atoms with E-state index in [2.05, 4.69) is 11.8 Å². The number of anilines is 1. The van der Waals surface area contributed by atoms with Gasteiger partial charge in [-0.15, -0.1) is 0 Å². The standard InChI is InChI=1S/C17H27FN2/c1-2-20(16-9-7-15(18)8-10-16)14-17(13-19)11-5-3-4-6-12-17/h7-10H,2-6,11-14,19H2,1H3. The van der Waals surface area contributed by atoms with Gasteiger partial charge in [0.25, 0.3) is 0 Å². The maximum absolute atomic E-state index is 13.1. The molecule has 0 heterocycles. The molecule has 2 nitrogen and oxygen atoms in total. The predicted octanol–water partition coefficient (Wildman–Crippen LogP) is 3.95. The van der Waals surface area contributed by atoms with Crippen LogP contribution in [0.2, 0.25) is 0 Å². The van der Waals surface area contributed by atoms with Crippen molar-refractivity contribution >= 4 is 5.69 Å². The lowest BCUT2D eigenvalue weighted by molar-refractivity contribution is 0.259. The van der Waals surface area contributed by atoms with Crippen LogP contribution in [0.5, 0.6) is 0 Å². The van der Waals surface area contributed by atoms with Gasteiger partial charge in [0.2, 0.25) is 0 Å². The van der Waals surface area contributed by atoms with Crippen LogP contribution in [0.25, 0.3) is 0 Å². The fraction of sp³-hybridized carbons (Fsp3) is 0.647. The van der Waals surface area contributed by atoms with Gasteiger partial charge in [0, 0.05) is 24.2 Å². The van der Waals surface area contributed by atoms with Gasteiger partial charge in [0.05, 0.1) is 0 Å². The van der Waals surface area contributed by atoms with Crippen molar-refractivity contribution in [3.05, 3.63) is 30.1 Å². The van der Waals surface area contributed by atoms with Crippen molar-refractivity contribution in [1.29, 1.82) is 0 Å². The average Bonchev–Trinajstić information content (AvgIpc) is 2.72. The lowest BCUT2D eigenvalue weighted by atomic mass is 9.79. The third kappa shape index (κ3) is 3.72. The van der Waals surface area contributed by atoms with E-state index in [0.717, 1.165) is 25.3 Å². The molecule has 0 atom stereocenters. The van der Waals surface area contributed by atoms with Crippen molar-refractivity contribution in [1.82, 2.24) is 0 Å². The average molecular weight is 278 g/mol. The maximum atomic E-state index is 13.1. The van der Waals surface area contributed by atoms with Gasteiger partial charge in [0.15, 0.2) is 0 Å². The van der Waals surface area contributed by atoms with E-state index in [9.17, 15) is 4.39 Å². The van der Waals surface area contributed by atoms with E-state index in [-0.39, 0.29) is 11.2 Å². The number of nitrogens with two attached hydrogens (primary N) is 1. The molecular formula is C17H27FN2. The van der Waals surface area contributed by atoms with Crippen molar-refractivity contribution in [2.45, 2.75) is 45.4 Å². The summed E-state index contributed by atoms with van der Waals surface area (Å²) < 4.78 is 13.1. The van der Waals surface area contributed by atoms with Crippen molar-refractivity contribution in [2.75, 3.05) is 24.5 Å². The first-order valence-corrected chi connectivity index (χ1v) is 7.90. The predicted molar refractivity (Wildman–Crippen MR) is 83.5 cm³/mol. The summed E-state index contributed by atoms with van der Waals surface area (Å²) >= 11 is 0. The summed E-state index contributed by atoms with van der Waals surface area (Å²) in [7, 11) is 0. The second-order valence-electron chi connectivity index (χ2n) is 6.11. The van der Waals surface area contributed by atoms with Gasteiger partial charge in [-0.05, 0) is 50.6 Å². The first-order chi connectivity index (χ1) is 9.69. The Hall–Kier alpha value is -1.09. The minimum atomic E-state index is -0.173. The van der Waals surface area contributed by atoms with E-state index in [1.54, 1.807) is 12.1 Å². The van der Waals surface area contributed by atoms with E-state index >= 15 is 0 Å². The highest BCUT2D eigenvalue weighted by atomic mass is 19.1. The van der Waals surface area contributed by atoms with Crippen LogP contribution in [0.3, 0.4) is 0 Å². The molecule has 1 aromatic carbocycles. The van der Waals surface area contributed by atoms with Gasteiger partial charge < -0.3 is 10.6 Å². The molecule has 2 N–H and O–H groups in total. The summed E-state index contributed by atoms with van der Waals surface area (Å²) in [5, 5.41) is 0. The third-order valence-electron chi connectivity index (χ3n) is 4.70. The molecule has 20 heavy (non-hydrogen) atoms. The highest BCUT2D eigenvalue weighted by Gasteiger charge is 2.31. The third-order valence-corrected chi connectivity index (χ3v) is 4.70. The molecule has 0 saturated heterocycles. The first kappa shape index (κ1) is 15.3. The van der Waals surface area contributed by atoms with E-state index in [0.29, 0.717) is 0 Å². The van der Waals surface area contributed by atoms with Crippen molar-refractivity contribution in [2.24, 2.45) is 11.1 Å². The molecule has 1 aliphatic rings. The highest BCUT2D eigenvalue weighted by molar-refractivity contribution is 5.46. The molecule has 112 valence electrons. The van der Waals surface area contributed by atoms with Crippen LogP contribution in [0, 0.1) is 11.2 Å². The molecular weight excluding hydrogens is 251 g/mol. The lowest BCUT2D eigenvalue weighted by Crippen LogP contribution is -2.42. The van der Waals surface area contributed by atoms with Gasteiger partial charge >= 0.3 is 0 Å². The lowest BCUT2D eigenvalue weighted by Gasteiger charge is -2.38. The summed E-state index contributed by atoms with van der Waals surface area (Å²) in [4.78, 5) is 2.34. The number of rotatable bonds is 5. The number of nitrogens with zero attached hydrogens (tertiary/aromatic N) is 1. The zero-order chi connectivity index (χ0) is 14.4. The molecule has 0 bridgehead atoms. The Bertz CT molecular complexity index is 394. The molecule has 1 aromatic rings. The summed E-state index contributed by atoms with van der Waals surface area (Å²) in [6, 6.07) is 6.83. The summed E-state index contributed by atoms with van der Waals surface area (Å²) in [5.74, 6) is -0.173. The minimum Gasteiger partial charge on any atom is -0.371 e. The number of halogens is 1. The number of hydrogen-bond donors (Lipinski definition) is 1. The molecule has 0 spiro atoms. The van der Waals surface area contributed by atoms with E-state index in [4.69, 9.17) is 5.73 Å². The van der Waals surface area contributed by atoms with Crippen LogP contribution < -0.4 is 10.6 Å². The van der Waals surface area contributed by atoms with E-state index in [1.807, 2.05) is 12.1 Å². The molecule has 0 aromatic heterocycles. The molecule has 1 saturated carbocycles. The molecule has 1 fully saturated rings. The van der Waals surface area contributed by atoms with Crippen molar-refractivity contribution in [3.63, 3.8) is 0 Å². The van der Waals surface area contributed by atoms with Gasteiger partial charge in [-0.1, -0.05) is 25.7 Å². The normalized spacial score (nSPS) is 18.6. The zero-order valence-electron chi connectivity index (χ0n) is 12.6. The van der Waals surface area contributed by atoms with Crippen LogP contribution >= 0.6 is 0 Å². The molecule has 1 aliphatic carbocycles. The van der Waals surface area contributed by atoms with Crippen LogP contribution in [0.1, 0.15) is 45.4 Å². The Labute approximate surface area is 122 Å². The minimum absolute atomic E-state index is 0.173. The summed E-state index contributed by atoms with van der Waals surface area (Å²) in [6.45, 7) is 4.84. The monoisotopic (exact) mass is 278 g/mol. The Balaban J connectivity index is 2.12. The van der Waals surface area contributed by atoms with E-state index < -0.39 is 0 Å². The first-order valence-electron chi connectivity index (χ1n) is 7.90. The number of benzene rings is 1. The van der Waals surface area contributed by atoms with Crippen LogP contribution in [-0.4, -0.2) is 19.6 Å². The van der Waals surface area contributed by atoms with Crippen molar-refractivity contribution in [3.8, 4) is 0 Å². The van der Waals surface area contributed by atoms with Gasteiger partial charge in [-0.25, -0.2) is 4.39 Å². The molecule has 0 amide bonds. The zero-order valence-corrected chi connectivity index (χ0v) is 12.6. The van der Waals surface area contributed by atoms with Gasteiger partial charge in [0.1, 0.15) is 5.82 Å². The Kier molecular flexibility index (Phi) is 5.41. The second-order valence-corrected chi connectivity index (χ2v) is 6.11. The second kappa shape index (κ2) is 7.07. The van der Waals surface area contributed by atoms with Crippen LogP contribution in [0.15, 0.2) is 24.3 Å². The molecule has 0 unspecified atom stereocenters. The Morgan fingerprint density at radius 1 is 1.10 bits per heavy atom. The maximum Gasteiger partial charge on any atom is 0.123 e. The highest BCUT2D eigenvalue weighted by Crippen LogP contribution is 2.36. The molecule has 2 rings (SSSR count). The quantitative estimate of drug-likeness (QED) is 0.826. The molecule has 3 heteroatoms. The van der Waals surface area contributed by atoms with Gasteiger partial charge in [-0.3, -0.25) is 0 Å². The smallest absolute Gasteiger partial charge is 0.123 e. The number of hydrogen-bond acceptors (Lipinski definition) is 2. The summed E-state index contributed by atoms with van der Waals surface area (Å²) in [6.07, 6.45) is 7.70. The Morgan fingerprint density at radius 2 is 1.70 bits per heavy atom. The topological polar surface area (TPSA) is 29.3 Å². The van der Waals surface area contributed by atoms with Gasteiger partial charge in [-0.2, -0.15) is 0 Å². The van der Waals surface area contributed by atoms with Crippen LogP contribution in [0.4, 0.5) is 10.1 Å². The fourth-order valence-electron chi connectivity index (χ4n) is 3.35. The van der Waals surface area contributed by atoms with Crippen molar-refractivity contribution < 1.29 is 4.39 Å². The Morgan fingerprint density at radius 3 is 2.20 bits per heavy atom. The molecule has 0 radical (unpaired) electrons.